The summed E-state index contributed by atoms with van der Waals surface area (Å²) in [6, 6.07) is 6.10. The molecular weight excluding hydrogens is 302 g/mol. The van der Waals surface area contributed by atoms with Crippen LogP contribution in [-0.4, -0.2) is 50.9 Å². The number of hydrogen-bond donors (Lipinski definition) is 0. The van der Waals surface area contributed by atoms with Crippen molar-refractivity contribution in [1.82, 2.24) is 4.31 Å². The SMILES string of the molecule is Cc1cccc2c1CCN(S(=O)(=O)CCOC1CCOC1)C2. The highest BCUT2D eigenvalue weighted by molar-refractivity contribution is 7.89. The number of benzene rings is 1. The lowest BCUT2D eigenvalue weighted by Gasteiger charge is -2.29. The Bertz CT molecular complexity index is 623. The Morgan fingerprint density at radius 2 is 2.27 bits per heavy atom. The third kappa shape index (κ3) is 3.51. The first-order chi connectivity index (χ1) is 10.6. The van der Waals surface area contributed by atoms with Crippen LogP contribution in [0.2, 0.25) is 0 Å². The minimum absolute atomic E-state index is 0.0463. The van der Waals surface area contributed by atoms with Gasteiger partial charge in [-0.25, -0.2) is 8.42 Å². The van der Waals surface area contributed by atoms with Crippen LogP contribution in [0.1, 0.15) is 23.1 Å². The molecule has 1 unspecified atom stereocenters. The normalized spacial score (nSPS) is 22.7. The highest BCUT2D eigenvalue weighted by Gasteiger charge is 2.27. The molecule has 2 aliphatic rings. The Hall–Kier alpha value is -0.950. The van der Waals surface area contributed by atoms with Gasteiger partial charge >= 0.3 is 0 Å². The summed E-state index contributed by atoms with van der Waals surface area (Å²) < 4.78 is 37.3. The molecule has 3 rings (SSSR count). The van der Waals surface area contributed by atoms with Gasteiger partial charge in [0.15, 0.2) is 0 Å². The molecule has 6 heteroatoms. The molecule has 1 atom stereocenters. The Kier molecular flexibility index (Phi) is 4.82. The van der Waals surface area contributed by atoms with E-state index in [9.17, 15) is 8.42 Å². The number of nitrogens with zero attached hydrogens (tertiary/aromatic N) is 1. The lowest BCUT2D eigenvalue weighted by atomic mass is 9.96. The van der Waals surface area contributed by atoms with Gasteiger partial charge < -0.3 is 9.47 Å². The third-order valence-corrected chi connectivity index (χ3v) is 6.22. The van der Waals surface area contributed by atoms with Gasteiger partial charge in [-0.3, -0.25) is 0 Å². The van der Waals surface area contributed by atoms with Gasteiger partial charge in [-0.05, 0) is 36.5 Å². The maximum Gasteiger partial charge on any atom is 0.216 e. The second kappa shape index (κ2) is 6.66. The lowest BCUT2D eigenvalue weighted by Crippen LogP contribution is -2.38. The predicted octanol–water partition coefficient (Wildman–Crippen LogP) is 1.49. The van der Waals surface area contributed by atoms with E-state index in [0.717, 1.165) is 18.4 Å². The van der Waals surface area contributed by atoms with Crippen LogP contribution in [0.3, 0.4) is 0 Å². The van der Waals surface area contributed by atoms with E-state index in [1.165, 1.54) is 11.1 Å². The van der Waals surface area contributed by atoms with Crippen molar-refractivity contribution in [3.8, 4) is 0 Å². The smallest absolute Gasteiger partial charge is 0.216 e. The first-order valence-corrected chi connectivity index (χ1v) is 9.42. The molecule has 0 radical (unpaired) electrons. The zero-order valence-corrected chi connectivity index (χ0v) is 13.8. The van der Waals surface area contributed by atoms with E-state index in [2.05, 4.69) is 13.0 Å². The van der Waals surface area contributed by atoms with E-state index in [-0.39, 0.29) is 18.5 Å². The minimum Gasteiger partial charge on any atom is -0.379 e. The van der Waals surface area contributed by atoms with E-state index in [4.69, 9.17) is 9.47 Å². The summed E-state index contributed by atoms with van der Waals surface area (Å²) in [6.07, 6.45) is 1.70. The number of ether oxygens (including phenoxy) is 2. The molecule has 22 heavy (non-hydrogen) atoms. The van der Waals surface area contributed by atoms with Crippen molar-refractivity contribution in [1.29, 1.82) is 0 Å². The zero-order valence-electron chi connectivity index (χ0n) is 13.0. The topological polar surface area (TPSA) is 55.8 Å². The molecule has 1 aromatic rings. The van der Waals surface area contributed by atoms with Crippen LogP contribution >= 0.6 is 0 Å². The van der Waals surface area contributed by atoms with Gasteiger partial charge in [0.25, 0.3) is 0 Å². The molecule has 0 aromatic heterocycles. The zero-order chi connectivity index (χ0) is 15.6. The molecular formula is C16H23NO4S. The second-order valence-corrected chi connectivity index (χ2v) is 8.06. The molecule has 5 nitrogen and oxygen atoms in total. The number of sulfonamides is 1. The molecule has 1 saturated heterocycles. The van der Waals surface area contributed by atoms with Crippen LogP contribution in [0.15, 0.2) is 18.2 Å². The molecule has 0 spiro atoms. The fourth-order valence-corrected chi connectivity index (χ4v) is 4.38. The summed E-state index contributed by atoms with van der Waals surface area (Å²) in [4.78, 5) is 0. The second-order valence-electron chi connectivity index (χ2n) is 5.97. The summed E-state index contributed by atoms with van der Waals surface area (Å²) in [5.74, 6) is 0.0463. The van der Waals surface area contributed by atoms with Crippen LogP contribution in [0.25, 0.3) is 0 Å². The molecule has 1 fully saturated rings. The highest BCUT2D eigenvalue weighted by atomic mass is 32.2. The molecule has 0 saturated carbocycles. The first-order valence-electron chi connectivity index (χ1n) is 7.81. The van der Waals surface area contributed by atoms with Crippen molar-refractivity contribution in [3.63, 3.8) is 0 Å². The standard InChI is InChI=1S/C16H23NO4S/c1-13-3-2-4-14-11-17(7-5-16(13)14)22(18,19)10-9-21-15-6-8-20-12-15/h2-4,15H,5-12H2,1H3. The summed E-state index contributed by atoms with van der Waals surface area (Å²) in [6.45, 7) is 4.66. The minimum atomic E-state index is -3.26. The molecule has 2 aliphatic heterocycles. The maximum atomic E-state index is 12.5. The molecule has 122 valence electrons. The van der Waals surface area contributed by atoms with Gasteiger partial charge in [0.05, 0.1) is 25.1 Å². The summed E-state index contributed by atoms with van der Waals surface area (Å²) in [5, 5.41) is 0. The largest absolute Gasteiger partial charge is 0.379 e. The average molecular weight is 325 g/mol. The fourth-order valence-electron chi connectivity index (χ4n) is 3.11. The summed E-state index contributed by atoms with van der Waals surface area (Å²) in [5.41, 5.74) is 3.67. The van der Waals surface area contributed by atoms with Gasteiger partial charge in [0.2, 0.25) is 10.0 Å². The molecule has 1 aromatic carbocycles. The van der Waals surface area contributed by atoms with Gasteiger partial charge in [-0.1, -0.05) is 18.2 Å². The van der Waals surface area contributed by atoms with Crippen molar-refractivity contribution in [3.05, 3.63) is 34.9 Å². The van der Waals surface area contributed by atoms with Crippen LogP contribution < -0.4 is 0 Å². The molecule has 2 heterocycles. The van der Waals surface area contributed by atoms with E-state index >= 15 is 0 Å². The number of hydrogen-bond acceptors (Lipinski definition) is 4. The quantitative estimate of drug-likeness (QED) is 0.823. The van der Waals surface area contributed by atoms with E-state index < -0.39 is 10.0 Å². The fraction of sp³-hybridized carbons (Fsp3) is 0.625. The molecule has 0 aliphatic carbocycles. The summed E-state index contributed by atoms with van der Waals surface area (Å²) in [7, 11) is -3.26. The molecule has 0 bridgehead atoms. The number of rotatable bonds is 5. The number of fused-ring (bicyclic) bond motifs is 1. The van der Waals surface area contributed by atoms with Crippen molar-refractivity contribution >= 4 is 10.0 Å². The van der Waals surface area contributed by atoms with Gasteiger partial charge in [0.1, 0.15) is 0 Å². The van der Waals surface area contributed by atoms with Crippen LogP contribution in [-0.2, 0) is 32.5 Å². The predicted molar refractivity (Wildman–Crippen MR) is 84.3 cm³/mol. The van der Waals surface area contributed by atoms with E-state index in [1.807, 2.05) is 12.1 Å². The van der Waals surface area contributed by atoms with E-state index in [1.54, 1.807) is 4.31 Å². The van der Waals surface area contributed by atoms with Crippen LogP contribution in [0.5, 0.6) is 0 Å². The Morgan fingerprint density at radius 3 is 3.05 bits per heavy atom. The number of aryl methyl sites for hydroxylation is 1. The van der Waals surface area contributed by atoms with Gasteiger partial charge in [0, 0.05) is 19.7 Å². The first kappa shape index (κ1) is 15.9. The Balaban J connectivity index is 1.58. The Morgan fingerprint density at radius 1 is 1.41 bits per heavy atom. The van der Waals surface area contributed by atoms with Gasteiger partial charge in [-0.2, -0.15) is 4.31 Å². The van der Waals surface area contributed by atoms with Crippen molar-refractivity contribution in [2.24, 2.45) is 0 Å². The van der Waals surface area contributed by atoms with Crippen LogP contribution in [0.4, 0.5) is 0 Å². The van der Waals surface area contributed by atoms with Crippen LogP contribution in [0, 0.1) is 6.92 Å². The van der Waals surface area contributed by atoms with Gasteiger partial charge in [-0.15, -0.1) is 0 Å². The van der Waals surface area contributed by atoms with E-state index in [0.29, 0.717) is 26.3 Å². The maximum absolute atomic E-state index is 12.5. The highest BCUT2D eigenvalue weighted by Crippen LogP contribution is 2.24. The average Bonchev–Trinajstić information content (AvgIpc) is 3.00. The van der Waals surface area contributed by atoms with Crippen molar-refractivity contribution < 1.29 is 17.9 Å². The molecule has 0 N–H and O–H groups in total. The Labute approximate surface area is 132 Å². The third-order valence-electron chi connectivity index (χ3n) is 4.44. The summed E-state index contributed by atoms with van der Waals surface area (Å²) >= 11 is 0. The molecule has 0 amide bonds. The van der Waals surface area contributed by atoms with Crippen molar-refractivity contribution in [2.45, 2.75) is 32.4 Å². The lowest BCUT2D eigenvalue weighted by molar-refractivity contribution is 0.0516. The van der Waals surface area contributed by atoms with Crippen molar-refractivity contribution in [2.75, 3.05) is 32.1 Å². The monoisotopic (exact) mass is 325 g/mol.